The number of fused-ring (bicyclic) bond motifs is 3. The van der Waals surface area contributed by atoms with Crippen LogP contribution in [0.25, 0.3) is 0 Å². The van der Waals surface area contributed by atoms with Crippen molar-refractivity contribution in [3.63, 3.8) is 0 Å². The van der Waals surface area contributed by atoms with Crippen LogP contribution in [0.3, 0.4) is 0 Å². The molecular weight excluding hydrogens is 204 g/mol. The lowest BCUT2D eigenvalue weighted by Crippen LogP contribution is -2.52. The SMILES string of the molecule is C=C1CNCC2CSc3ccccc3N12. The highest BCUT2D eigenvalue weighted by Gasteiger charge is 2.30. The molecule has 0 aromatic heterocycles. The molecule has 1 unspecified atom stereocenters. The summed E-state index contributed by atoms with van der Waals surface area (Å²) in [6.45, 7) is 6.13. The predicted molar refractivity (Wildman–Crippen MR) is 65.4 cm³/mol. The minimum absolute atomic E-state index is 0.575. The summed E-state index contributed by atoms with van der Waals surface area (Å²) < 4.78 is 0. The Kier molecular flexibility index (Phi) is 2.22. The summed E-state index contributed by atoms with van der Waals surface area (Å²) in [5, 5.41) is 3.41. The number of rotatable bonds is 0. The molecule has 1 atom stereocenters. The first kappa shape index (κ1) is 9.31. The summed E-state index contributed by atoms with van der Waals surface area (Å²) in [5.41, 5.74) is 2.53. The third-order valence-electron chi connectivity index (χ3n) is 2.97. The average molecular weight is 218 g/mol. The van der Waals surface area contributed by atoms with Crippen LogP contribution in [0.15, 0.2) is 41.4 Å². The lowest BCUT2D eigenvalue weighted by molar-refractivity contribution is 0.547. The van der Waals surface area contributed by atoms with Crippen LogP contribution in [0.4, 0.5) is 5.69 Å². The molecule has 0 aliphatic carbocycles. The lowest BCUT2D eigenvalue weighted by Gasteiger charge is -2.43. The molecule has 3 heteroatoms. The van der Waals surface area contributed by atoms with Gasteiger partial charge in [-0.2, -0.15) is 0 Å². The van der Waals surface area contributed by atoms with Crippen LogP contribution in [0.1, 0.15) is 0 Å². The van der Waals surface area contributed by atoms with E-state index < -0.39 is 0 Å². The van der Waals surface area contributed by atoms with Crippen molar-refractivity contribution in [1.82, 2.24) is 5.32 Å². The number of nitrogens with zero attached hydrogens (tertiary/aromatic N) is 1. The van der Waals surface area contributed by atoms with Crippen molar-refractivity contribution in [3.05, 3.63) is 36.5 Å². The number of hydrogen-bond acceptors (Lipinski definition) is 3. The van der Waals surface area contributed by atoms with Crippen molar-refractivity contribution in [2.24, 2.45) is 0 Å². The van der Waals surface area contributed by atoms with Crippen LogP contribution >= 0.6 is 11.8 Å². The number of nitrogens with one attached hydrogen (secondary N) is 1. The van der Waals surface area contributed by atoms with Gasteiger partial charge in [-0.3, -0.25) is 0 Å². The van der Waals surface area contributed by atoms with Crippen LogP contribution in [0.5, 0.6) is 0 Å². The van der Waals surface area contributed by atoms with Crippen molar-refractivity contribution >= 4 is 17.4 Å². The van der Waals surface area contributed by atoms with Crippen LogP contribution in [0, 0.1) is 0 Å². The second kappa shape index (κ2) is 3.58. The molecule has 1 aromatic rings. The Labute approximate surface area is 94.4 Å². The summed E-state index contributed by atoms with van der Waals surface area (Å²) in [6.07, 6.45) is 0. The molecule has 2 aliphatic rings. The van der Waals surface area contributed by atoms with Crippen LogP contribution in [0.2, 0.25) is 0 Å². The fourth-order valence-corrected chi connectivity index (χ4v) is 3.41. The third-order valence-corrected chi connectivity index (χ3v) is 4.18. The zero-order valence-corrected chi connectivity index (χ0v) is 9.39. The van der Waals surface area contributed by atoms with Gasteiger partial charge in [0.15, 0.2) is 0 Å². The van der Waals surface area contributed by atoms with Gasteiger partial charge in [0, 0.05) is 29.4 Å². The van der Waals surface area contributed by atoms with Crippen LogP contribution in [-0.4, -0.2) is 24.9 Å². The van der Waals surface area contributed by atoms with Gasteiger partial charge in [0.2, 0.25) is 0 Å². The van der Waals surface area contributed by atoms with Crippen molar-refractivity contribution in [1.29, 1.82) is 0 Å². The first-order valence-electron chi connectivity index (χ1n) is 5.26. The molecule has 0 radical (unpaired) electrons. The molecule has 1 fully saturated rings. The van der Waals surface area contributed by atoms with Gasteiger partial charge in [0.1, 0.15) is 0 Å². The topological polar surface area (TPSA) is 15.3 Å². The van der Waals surface area contributed by atoms with Gasteiger partial charge in [-0.25, -0.2) is 0 Å². The molecule has 0 bridgehead atoms. The summed E-state index contributed by atoms with van der Waals surface area (Å²) >= 11 is 1.95. The minimum Gasteiger partial charge on any atom is -0.338 e. The second-order valence-corrected chi connectivity index (χ2v) is 5.06. The number of para-hydroxylation sites is 1. The maximum absolute atomic E-state index is 4.15. The summed E-state index contributed by atoms with van der Waals surface area (Å²) in [4.78, 5) is 3.79. The lowest BCUT2D eigenvalue weighted by atomic mass is 10.1. The molecule has 1 N–H and O–H groups in total. The van der Waals surface area contributed by atoms with Gasteiger partial charge in [0.05, 0.1) is 11.7 Å². The largest absolute Gasteiger partial charge is 0.338 e. The monoisotopic (exact) mass is 218 g/mol. The van der Waals surface area contributed by atoms with Crippen molar-refractivity contribution in [3.8, 4) is 0 Å². The highest BCUT2D eigenvalue weighted by atomic mass is 32.2. The second-order valence-electron chi connectivity index (χ2n) is 4.00. The molecule has 1 saturated heterocycles. The van der Waals surface area contributed by atoms with E-state index >= 15 is 0 Å². The zero-order chi connectivity index (χ0) is 10.3. The number of hydrogen-bond donors (Lipinski definition) is 1. The number of anilines is 1. The predicted octanol–water partition coefficient (Wildman–Crippen LogP) is 2.08. The Morgan fingerprint density at radius 3 is 3.20 bits per heavy atom. The van der Waals surface area contributed by atoms with E-state index in [2.05, 4.69) is 41.1 Å². The van der Waals surface area contributed by atoms with E-state index in [1.807, 2.05) is 11.8 Å². The van der Waals surface area contributed by atoms with E-state index in [0.29, 0.717) is 6.04 Å². The smallest absolute Gasteiger partial charge is 0.0558 e. The standard InChI is InChI=1S/C12H14N2S/c1-9-6-13-7-10-8-15-12-5-3-2-4-11(12)14(9)10/h2-5,10,13H,1,6-8H2. The Morgan fingerprint density at radius 2 is 2.27 bits per heavy atom. The molecule has 0 spiro atoms. The highest BCUT2D eigenvalue weighted by molar-refractivity contribution is 7.99. The summed E-state index contributed by atoms with van der Waals surface area (Å²) in [6, 6.07) is 9.19. The van der Waals surface area contributed by atoms with Crippen molar-refractivity contribution < 1.29 is 0 Å². The van der Waals surface area contributed by atoms with Gasteiger partial charge in [-0.15, -0.1) is 11.8 Å². The van der Waals surface area contributed by atoms with Gasteiger partial charge in [0.25, 0.3) is 0 Å². The molecule has 2 nitrogen and oxygen atoms in total. The van der Waals surface area contributed by atoms with E-state index in [-0.39, 0.29) is 0 Å². The first-order chi connectivity index (χ1) is 7.36. The summed E-state index contributed by atoms with van der Waals surface area (Å²) in [5.74, 6) is 1.16. The molecule has 2 aliphatic heterocycles. The van der Waals surface area contributed by atoms with Gasteiger partial charge in [-0.05, 0) is 12.1 Å². The minimum atomic E-state index is 0.575. The third kappa shape index (κ3) is 1.46. The molecule has 0 amide bonds. The quantitative estimate of drug-likeness (QED) is 0.718. The van der Waals surface area contributed by atoms with Crippen LogP contribution in [-0.2, 0) is 0 Å². The van der Waals surface area contributed by atoms with Crippen molar-refractivity contribution in [2.75, 3.05) is 23.7 Å². The molecule has 15 heavy (non-hydrogen) atoms. The molecule has 1 aromatic carbocycles. The maximum Gasteiger partial charge on any atom is 0.0558 e. The molecule has 78 valence electrons. The average Bonchev–Trinajstić information content (AvgIpc) is 2.29. The van der Waals surface area contributed by atoms with E-state index in [1.54, 1.807) is 0 Å². The highest BCUT2D eigenvalue weighted by Crippen LogP contribution is 2.39. The Morgan fingerprint density at radius 1 is 1.40 bits per heavy atom. The van der Waals surface area contributed by atoms with E-state index in [9.17, 15) is 0 Å². The first-order valence-corrected chi connectivity index (χ1v) is 6.24. The van der Waals surface area contributed by atoms with Crippen molar-refractivity contribution in [2.45, 2.75) is 10.9 Å². The Hall–Kier alpha value is -0.930. The Bertz CT molecular complexity index is 402. The number of benzene rings is 1. The van der Waals surface area contributed by atoms with E-state index in [4.69, 9.17) is 0 Å². The summed E-state index contributed by atoms with van der Waals surface area (Å²) in [7, 11) is 0. The normalized spacial score (nSPS) is 24.7. The Balaban J connectivity index is 2.06. The maximum atomic E-state index is 4.15. The van der Waals surface area contributed by atoms with E-state index in [1.165, 1.54) is 16.3 Å². The molecule has 0 saturated carbocycles. The van der Waals surface area contributed by atoms with Crippen LogP contribution < -0.4 is 10.2 Å². The van der Waals surface area contributed by atoms with Gasteiger partial charge in [-0.1, -0.05) is 18.7 Å². The molecule has 3 rings (SSSR count). The fourth-order valence-electron chi connectivity index (χ4n) is 2.28. The number of piperazine rings is 1. The zero-order valence-electron chi connectivity index (χ0n) is 8.57. The van der Waals surface area contributed by atoms with E-state index in [0.717, 1.165) is 18.8 Å². The number of thioether (sulfide) groups is 1. The molecule has 2 heterocycles. The fraction of sp³-hybridized carbons (Fsp3) is 0.333. The molecular formula is C12H14N2S. The van der Waals surface area contributed by atoms with Gasteiger partial charge < -0.3 is 10.2 Å². The van der Waals surface area contributed by atoms with Gasteiger partial charge >= 0.3 is 0 Å².